The predicted molar refractivity (Wildman–Crippen MR) is 186 cm³/mol. The molecule has 11 aromatic rings. The lowest BCUT2D eigenvalue weighted by Crippen LogP contribution is -1.94. The molecular weight excluding hydrogens is 568 g/mol. The van der Waals surface area contributed by atoms with E-state index in [-0.39, 0.29) is 0 Å². The molecule has 0 spiro atoms. The van der Waals surface area contributed by atoms with Crippen molar-refractivity contribution in [3.63, 3.8) is 0 Å². The van der Waals surface area contributed by atoms with Crippen LogP contribution < -0.4 is 0 Å². The summed E-state index contributed by atoms with van der Waals surface area (Å²) in [4.78, 5) is 4.87. The van der Waals surface area contributed by atoms with Crippen LogP contribution in [0.1, 0.15) is 0 Å². The SMILES string of the molecule is c1ccc2c(c1)cc(-c1nc3ccccc3o1)c1oc3cccc(-n4c5ccccc5c5cc6oc7ccccc7c6cc54)c3c12. The maximum absolute atomic E-state index is 6.79. The predicted octanol–water partition coefficient (Wildman–Crippen LogP) is 11.5. The zero-order valence-corrected chi connectivity index (χ0v) is 24.3. The summed E-state index contributed by atoms with van der Waals surface area (Å²) in [5, 5.41) is 8.82. The van der Waals surface area contributed by atoms with Gasteiger partial charge in [0.05, 0.1) is 27.7 Å². The van der Waals surface area contributed by atoms with Gasteiger partial charge in [0.2, 0.25) is 5.89 Å². The van der Waals surface area contributed by atoms with Crippen molar-refractivity contribution in [1.82, 2.24) is 9.55 Å². The van der Waals surface area contributed by atoms with Gasteiger partial charge in [0, 0.05) is 26.9 Å². The van der Waals surface area contributed by atoms with E-state index in [1.807, 2.05) is 36.4 Å². The van der Waals surface area contributed by atoms with Gasteiger partial charge < -0.3 is 17.8 Å². The van der Waals surface area contributed by atoms with Gasteiger partial charge in [0.25, 0.3) is 0 Å². The number of hydrogen-bond acceptors (Lipinski definition) is 4. The van der Waals surface area contributed by atoms with Gasteiger partial charge in [-0.3, -0.25) is 0 Å². The van der Waals surface area contributed by atoms with Gasteiger partial charge in [-0.15, -0.1) is 0 Å². The Bertz CT molecular complexity index is 3010. The van der Waals surface area contributed by atoms with Crippen LogP contribution in [0.15, 0.2) is 147 Å². The summed E-state index contributed by atoms with van der Waals surface area (Å²) in [5.74, 6) is 0.545. The highest BCUT2D eigenvalue weighted by molar-refractivity contribution is 6.25. The van der Waals surface area contributed by atoms with Gasteiger partial charge >= 0.3 is 0 Å². The summed E-state index contributed by atoms with van der Waals surface area (Å²) in [6.45, 7) is 0. The number of benzene rings is 7. The van der Waals surface area contributed by atoms with Crippen LogP contribution in [0.4, 0.5) is 0 Å². The molecule has 0 aliphatic heterocycles. The zero-order valence-electron chi connectivity index (χ0n) is 24.3. The third-order valence-corrected chi connectivity index (χ3v) is 9.40. The van der Waals surface area contributed by atoms with Crippen LogP contribution in [-0.2, 0) is 0 Å². The Balaban J connectivity index is 1.31. The molecule has 0 unspecified atom stereocenters. The van der Waals surface area contributed by atoms with Crippen LogP contribution in [-0.4, -0.2) is 9.55 Å². The van der Waals surface area contributed by atoms with E-state index in [2.05, 4.69) is 102 Å². The average Bonchev–Trinajstić information content (AvgIpc) is 3.87. The molecule has 0 amide bonds. The van der Waals surface area contributed by atoms with E-state index in [1.165, 1.54) is 5.39 Å². The van der Waals surface area contributed by atoms with Crippen LogP contribution in [0.2, 0.25) is 0 Å². The number of para-hydroxylation sites is 4. The fraction of sp³-hybridized carbons (Fsp3) is 0. The fourth-order valence-corrected chi connectivity index (χ4v) is 7.43. The second-order valence-corrected chi connectivity index (χ2v) is 11.9. The fourth-order valence-electron chi connectivity index (χ4n) is 7.43. The van der Waals surface area contributed by atoms with Gasteiger partial charge in [-0.1, -0.05) is 78.9 Å². The second-order valence-electron chi connectivity index (χ2n) is 11.9. The van der Waals surface area contributed by atoms with Crippen LogP contribution in [0.5, 0.6) is 0 Å². The lowest BCUT2D eigenvalue weighted by atomic mass is 9.99. The molecule has 46 heavy (non-hydrogen) atoms. The van der Waals surface area contributed by atoms with Gasteiger partial charge in [-0.2, -0.15) is 0 Å². The summed E-state index contributed by atoms with van der Waals surface area (Å²) in [5.41, 5.74) is 9.03. The number of oxazole rings is 1. The van der Waals surface area contributed by atoms with Gasteiger partial charge in [0.1, 0.15) is 27.8 Å². The van der Waals surface area contributed by atoms with E-state index in [0.29, 0.717) is 5.89 Å². The first kappa shape index (κ1) is 24.0. The first-order valence-corrected chi connectivity index (χ1v) is 15.4. The van der Waals surface area contributed by atoms with Crippen molar-refractivity contribution in [3.8, 4) is 17.1 Å². The van der Waals surface area contributed by atoms with Gasteiger partial charge in [0.15, 0.2) is 5.58 Å². The average molecular weight is 591 g/mol. The summed E-state index contributed by atoms with van der Waals surface area (Å²) in [6, 6.07) is 46.1. The molecule has 4 heterocycles. The Morgan fingerprint density at radius 2 is 1.22 bits per heavy atom. The number of rotatable bonds is 2. The first-order valence-electron chi connectivity index (χ1n) is 15.4. The largest absolute Gasteiger partial charge is 0.456 e. The van der Waals surface area contributed by atoms with Gasteiger partial charge in [-0.25, -0.2) is 4.98 Å². The van der Waals surface area contributed by atoms with E-state index in [1.54, 1.807) is 0 Å². The van der Waals surface area contributed by atoms with Crippen molar-refractivity contribution in [2.45, 2.75) is 0 Å². The monoisotopic (exact) mass is 590 g/mol. The molecule has 7 aromatic carbocycles. The highest BCUT2D eigenvalue weighted by Gasteiger charge is 2.24. The molecular formula is C41H22N2O3. The molecule has 0 N–H and O–H groups in total. The van der Waals surface area contributed by atoms with E-state index in [9.17, 15) is 0 Å². The van der Waals surface area contributed by atoms with Crippen molar-refractivity contribution in [1.29, 1.82) is 0 Å². The van der Waals surface area contributed by atoms with Crippen molar-refractivity contribution < 1.29 is 13.3 Å². The highest BCUT2D eigenvalue weighted by atomic mass is 16.4. The molecule has 0 aliphatic rings. The Morgan fingerprint density at radius 1 is 0.457 bits per heavy atom. The lowest BCUT2D eigenvalue weighted by Gasteiger charge is -2.10. The molecule has 0 saturated heterocycles. The van der Waals surface area contributed by atoms with Crippen LogP contribution in [0, 0.1) is 0 Å². The number of hydrogen-bond donors (Lipinski definition) is 0. The summed E-state index contributed by atoms with van der Waals surface area (Å²) >= 11 is 0. The van der Waals surface area contributed by atoms with E-state index < -0.39 is 0 Å². The van der Waals surface area contributed by atoms with E-state index in [4.69, 9.17) is 18.2 Å². The first-order chi connectivity index (χ1) is 22.8. The van der Waals surface area contributed by atoms with Crippen molar-refractivity contribution >= 4 is 87.6 Å². The normalized spacial score (nSPS) is 12.3. The summed E-state index contributed by atoms with van der Waals surface area (Å²) < 4.78 is 21.8. The molecule has 0 radical (unpaired) electrons. The zero-order chi connectivity index (χ0) is 29.9. The Kier molecular flexibility index (Phi) is 4.52. The Hall–Kier alpha value is -6.33. The lowest BCUT2D eigenvalue weighted by molar-refractivity contribution is 0.615. The Morgan fingerprint density at radius 3 is 2.13 bits per heavy atom. The van der Waals surface area contributed by atoms with E-state index in [0.717, 1.165) is 93.4 Å². The molecule has 0 aliphatic carbocycles. The number of fused-ring (bicyclic) bond motifs is 12. The topological polar surface area (TPSA) is 57.2 Å². The highest BCUT2D eigenvalue weighted by Crippen LogP contribution is 2.45. The summed E-state index contributed by atoms with van der Waals surface area (Å²) in [7, 11) is 0. The quantitative estimate of drug-likeness (QED) is 0.201. The molecule has 11 rings (SSSR count). The van der Waals surface area contributed by atoms with Crippen LogP contribution >= 0.6 is 0 Å². The summed E-state index contributed by atoms with van der Waals surface area (Å²) in [6.07, 6.45) is 0. The molecule has 0 saturated carbocycles. The minimum Gasteiger partial charge on any atom is -0.456 e. The molecule has 5 nitrogen and oxygen atoms in total. The number of nitrogens with zero attached hydrogens (tertiary/aromatic N) is 2. The Labute approximate surface area is 260 Å². The number of aromatic nitrogens is 2. The van der Waals surface area contributed by atoms with Crippen molar-refractivity contribution in [3.05, 3.63) is 133 Å². The molecule has 4 aromatic heterocycles. The van der Waals surface area contributed by atoms with Crippen LogP contribution in [0.25, 0.3) is 105 Å². The molecule has 5 heteroatoms. The third kappa shape index (κ3) is 3.11. The smallest absolute Gasteiger partial charge is 0.231 e. The third-order valence-electron chi connectivity index (χ3n) is 9.40. The van der Waals surface area contributed by atoms with Gasteiger partial charge in [-0.05, 0) is 65.4 Å². The second kappa shape index (κ2) is 8.65. The molecule has 0 atom stereocenters. The van der Waals surface area contributed by atoms with Crippen molar-refractivity contribution in [2.24, 2.45) is 0 Å². The van der Waals surface area contributed by atoms with Crippen molar-refractivity contribution in [2.75, 3.05) is 0 Å². The molecule has 0 fully saturated rings. The maximum atomic E-state index is 6.79. The van der Waals surface area contributed by atoms with Crippen LogP contribution in [0.3, 0.4) is 0 Å². The standard InChI is InChI=1S/C41H22N2O3/c1-2-11-24-23(10-1)20-29(41-42-30-14-5-8-18-35(30)46-41)40-38(24)39-32(16-9-19-36(39)45-40)43-31-15-6-3-12-25(31)27-22-37-28(21-33(27)43)26-13-4-7-17-34(26)44-37/h1-22H. The number of furan rings is 2. The maximum Gasteiger partial charge on any atom is 0.231 e. The molecule has 0 bridgehead atoms. The molecule has 214 valence electrons. The van der Waals surface area contributed by atoms with E-state index >= 15 is 0 Å². The minimum absolute atomic E-state index is 0.545. The minimum atomic E-state index is 0.545.